The minimum Gasteiger partial charge on any atom is -0.387 e. The molecule has 0 aliphatic carbocycles. The van der Waals surface area contributed by atoms with Crippen LogP contribution >= 0.6 is 0 Å². The van der Waals surface area contributed by atoms with Crippen molar-refractivity contribution >= 4 is 5.84 Å². The van der Waals surface area contributed by atoms with E-state index in [1.807, 2.05) is 37.2 Å². The van der Waals surface area contributed by atoms with Gasteiger partial charge in [-0.05, 0) is 19.7 Å². The minimum atomic E-state index is 0.651. The van der Waals surface area contributed by atoms with Crippen LogP contribution in [0.5, 0.6) is 0 Å². The van der Waals surface area contributed by atoms with Crippen LogP contribution in [0.4, 0.5) is 0 Å². The first kappa shape index (κ1) is 10.7. The smallest absolute Gasteiger partial charge is 0.0997 e. The van der Waals surface area contributed by atoms with Crippen molar-refractivity contribution in [1.82, 2.24) is 4.90 Å². The largest absolute Gasteiger partial charge is 0.387 e. The number of rotatable bonds is 4. The van der Waals surface area contributed by atoms with Gasteiger partial charge in [0.2, 0.25) is 0 Å². The maximum absolute atomic E-state index is 5.78. The van der Waals surface area contributed by atoms with Crippen molar-refractivity contribution < 1.29 is 0 Å². The van der Waals surface area contributed by atoms with Gasteiger partial charge in [-0.2, -0.15) is 0 Å². The number of hydrogen-bond donors (Lipinski definition) is 1. The van der Waals surface area contributed by atoms with E-state index in [-0.39, 0.29) is 0 Å². The summed E-state index contributed by atoms with van der Waals surface area (Å²) < 4.78 is 0. The summed E-state index contributed by atoms with van der Waals surface area (Å²) in [5.74, 6) is 0.685. The molecule has 14 heavy (non-hydrogen) atoms. The molecule has 0 aliphatic rings. The van der Waals surface area contributed by atoms with E-state index in [1.54, 1.807) is 0 Å². The number of amidine groups is 1. The lowest BCUT2D eigenvalue weighted by molar-refractivity contribution is 0.424. The SMILES string of the molecule is CN(C)CN=C(N)Cc1ccccc1. The van der Waals surface area contributed by atoms with E-state index in [4.69, 9.17) is 5.73 Å². The van der Waals surface area contributed by atoms with E-state index in [9.17, 15) is 0 Å². The Morgan fingerprint density at radius 2 is 1.93 bits per heavy atom. The molecule has 3 heteroatoms. The molecule has 0 aromatic heterocycles. The maximum atomic E-state index is 5.78. The summed E-state index contributed by atoms with van der Waals surface area (Å²) >= 11 is 0. The molecule has 0 heterocycles. The van der Waals surface area contributed by atoms with E-state index in [2.05, 4.69) is 17.1 Å². The van der Waals surface area contributed by atoms with Gasteiger partial charge in [-0.1, -0.05) is 30.3 Å². The number of benzene rings is 1. The summed E-state index contributed by atoms with van der Waals surface area (Å²) in [5, 5.41) is 0. The zero-order valence-electron chi connectivity index (χ0n) is 8.77. The topological polar surface area (TPSA) is 41.6 Å². The molecule has 0 fully saturated rings. The molecular formula is C11H17N3. The minimum absolute atomic E-state index is 0.651. The van der Waals surface area contributed by atoms with Gasteiger partial charge in [0.15, 0.2) is 0 Å². The third-order valence-corrected chi connectivity index (χ3v) is 1.78. The monoisotopic (exact) mass is 191 g/mol. The molecule has 0 saturated heterocycles. The lowest BCUT2D eigenvalue weighted by Gasteiger charge is -2.06. The zero-order valence-corrected chi connectivity index (χ0v) is 8.77. The Morgan fingerprint density at radius 3 is 2.50 bits per heavy atom. The first-order valence-corrected chi connectivity index (χ1v) is 4.66. The van der Waals surface area contributed by atoms with Crippen molar-refractivity contribution in [1.29, 1.82) is 0 Å². The van der Waals surface area contributed by atoms with Gasteiger partial charge < -0.3 is 5.73 Å². The van der Waals surface area contributed by atoms with Crippen LogP contribution in [0, 0.1) is 0 Å². The van der Waals surface area contributed by atoms with Crippen LogP contribution in [0.15, 0.2) is 35.3 Å². The normalized spacial score (nSPS) is 12.1. The Hall–Kier alpha value is -1.35. The Bertz CT molecular complexity index is 291. The lowest BCUT2D eigenvalue weighted by Crippen LogP contribution is -2.19. The van der Waals surface area contributed by atoms with Crippen molar-refractivity contribution in [2.75, 3.05) is 20.8 Å². The molecule has 0 unspecified atom stereocenters. The Morgan fingerprint density at radius 1 is 1.29 bits per heavy atom. The predicted molar refractivity (Wildman–Crippen MR) is 60.3 cm³/mol. The van der Waals surface area contributed by atoms with E-state index in [0.29, 0.717) is 12.5 Å². The first-order chi connectivity index (χ1) is 6.68. The van der Waals surface area contributed by atoms with E-state index < -0.39 is 0 Å². The molecule has 1 aromatic carbocycles. The first-order valence-electron chi connectivity index (χ1n) is 4.66. The molecule has 0 spiro atoms. The van der Waals surface area contributed by atoms with Crippen LogP contribution in [-0.2, 0) is 6.42 Å². The average molecular weight is 191 g/mol. The fourth-order valence-corrected chi connectivity index (χ4v) is 1.09. The maximum Gasteiger partial charge on any atom is 0.0997 e. The molecular weight excluding hydrogens is 174 g/mol. The van der Waals surface area contributed by atoms with Gasteiger partial charge in [0.25, 0.3) is 0 Å². The molecule has 0 bridgehead atoms. The lowest BCUT2D eigenvalue weighted by atomic mass is 10.1. The highest BCUT2D eigenvalue weighted by Gasteiger charge is 1.95. The Balaban J connectivity index is 2.49. The van der Waals surface area contributed by atoms with Crippen LogP contribution < -0.4 is 5.73 Å². The number of nitrogens with zero attached hydrogens (tertiary/aromatic N) is 2. The number of nitrogens with two attached hydrogens (primary N) is 1. The highest BCUT2D eigenvalue weighted by molar-refractivity contribution is 5.82. The van der Waals surface area contributed by atoms with Crippen LogP contribution in [0.1, 0.15) is 5.56 Å². The second kappa shape index (κ2) is 5.40. The summed E-state index contributed by atoms with van der Waals surface area (Å²) in [4.78, 5) is 6.22. The second-order valence-electron chi connectivity index (χ2n) is 3.53. The molecule has 1 rings (SSSR count). The van der Waals surface area contributed by atoms with Gasteiger partial charge in [-0.3, -0.25) is 9.89 Å². The van der Waals surface area contributed by atoms with Gasteiger partial charge in [-0.25, -0.2) is 0 Å². The van der Waals surface area contributed by atoms with Crippen molar-refractivity contribution in [2.24, 2.45) is 10.7 Å². The molecule has 1 aromatic rings. The molecule has 0 saturated carbocycles. The Labute approximate surface area is 85.3 Å². The van der Waals surface area contributed by atoms with Gasteiger partial charge in [0.05, 0.1) is 12.5 Å². The number of aliphatic imine (C=N–C) groups is 1. The summed E-state index contributed by atoms with van der Waals surface area (Å²) in [5.41, 5.74) is 6.98. The van der Waals surface area contributed by atoms with Gasteiger partial charge in [0, 0.05) is 6.42 Å². The quantitative estimate of drug-likeness (QED) is 0.572. The molecule has 0 radical (unpaired) electrons. The standard InChI is InChI=1S/C11H17N3/c1-14(2)9-13-11(12)8-10-6-4-3-5-7-10/h3-7H,8-9H2,1-2H3,(H2,12,13). The van der Waals surface area contributed by atoms with Crippen molar-refractivity contribution in [2.45, 2.75) is 6.42 Å². The van der Waals surface area contributed by atoms with Gasteiger partial charge in [-0.15, -0.1) is 0 Å². The molecule has 0 atom stereocenters. The third-order valence-electron chi connectivity index (χ3n) is 1.78. The van der Waals surface area contributed by atoms with Gasteiger partial charge in [0.1, 0.15) is 0 Å². The van der Waals surface area contributed by atoms with E-state index >= 15 is 0 Å². The number of hydrogen-bond acceptors (Lipinski definition) is 2. The average Bonchev–Trinajstić information content (AvgIpc) is 2.16. The summed E-state index contributed by atoms with van der Waals surface area (Å²) in [6.45, 7) is 0.651. The Kier molecular flexibility index (Phi) is 4.13. The summed E-state index contributed by atoms with van der Waals surface area (Å²) in [7, 11) is 3.94. The van der Waals surface area contributed by atoms with Crippen molar-refractivity contribution in [3.8, 4) is 0 Å². The van der Waals surface area contributed by atoms with Gasteiger partial charge >= 0.3 is 0 Å². The molecule has 3 nitrogen and oxygen atoms in total. The fourth-order valence-electron chi connectivity index (χ4n) is 1.09. The molecule has 76 valence electrons. The molecule has 0 amide bonds. The van der Waals surface area contributed by atoms with Crippen molar-refractivity contribution in [3.63, 3.8) is 0 Å². The van der Waals surface area contributed by atoms with E-state index in [1.165, 1.54) is 5.56 Å². The summed E-state index contributed by atoms with van der Waals surface area (Å²) in [6.07, 6.45) is 0.731. The van der Waals surface area contributed by atoms with Crippen LogP contribution in [0.25, 0.3) is 0 Å². The summed E-state index contributed by atoms with van der Waals surface area (Å²) in [6, 6.07) is 10.1. The van der Waals surface area contributed by atoms with E-state index in [0.717, 1.165) is 6.42 Å². The zero-order chi connectivity index (χ0) is 10.4. The van der Waals surface area contributed by atoms with Crippen LogP contribution in [0.2, 0.25) is 0 Å². The predicted octanol–water partition coefficient (Wildman–Crippen LogP) is 1.11. The molecule has 0 aliphatic heterocycles. The van der Waals surface area contributed by atoms with Crippen LogP contribution in [0.3, 0.4) is 0 Å². The van der Waals surface area contributed by atoms with Crippen LogP contribution in [-0.4, -0.2) is 31.5 Å². The van der Waals surface area contributed by atoms with Crippen molar-refractivity contribution in [3.05, 3.63) is 35.9 Å². The highest BCUT2D eigenvalue weighted by Crippen LogP contribution is 1.99. The molecule has 2 N–H and O–H groups in total. The fraction of sp³-hybridized carbons (Fsp3) is 0.364. The third kappa shape index (κ3) is 4.05. The second-order valence-corrected chi connectivity index (χ2v) is 3.53. The highest BCUT2D eigenvalue weighted by atomic mass is 15.1.